The van der Waals surface area contributed by atoms with Crippen LogP contribution in [0.15, 0.2) is 62.6 Å². The normalized spacial score (nSPS) is 16.3. The molecular weight excluding hydrogens is 761 g/mol. The second kappa shape index (κ2) is 14.5. The molecule has 4 aliphatic rings. The van der Waals surface area contributed by atoms with E-state index in [-0.39, 0.29) is 94.5 Å². The van der Waals surface area contributed by atoms with Crippen LogP contribution in [-0.4, -0.2) is 18.3 Å². The van der Waals surface area contributed by atoms with E-state index < -0.39 is 66.6 Å². The molecule has 0 saturated heterocycles. The molecule has 304 valence electrons. The molecule has 0 aliphatic carbocycles. The molecule has 4 aliphatic heterocycles. The molecule has 0 saturated carbocycles. The Morgan fingerprint density at radius 3 is 0.550 bits per heavy atom. The van der Waals surface area contributed by atoms with E-state index in [1.54, 1.807) is 55.4 Å². The number of hydrogen-bond donors (Lipinski definition) is 0. The highest BCUT2D eigenvalue weighted by atomic mass is 16.2. The van der Waals surface area contributed by atoms with Crippen molar-refractivity contribution in [1.29, 1.82) is 0 Å². The van der Waals surface area contributed by atoms with Crippen molar-refractivity contribution in [2.24, 2.45) is 0 Å². The van der Waals surface area contributed by atoms with E-state index in [2.05, 4.69) is 47.4 Å². The summed E-state index contributed by atoms with van der Waals surface area (Å²) >= 11 is 0. The highest BCUT2D eigenvalue weighted by Crippen LogP contribution is 2.29. The zero-order valence-corrected chi connectivity index (χ0v) is 35.0. The Kier molecular flexibility index (Phi) is 10.0. The van der Waals surface area contributed by atoms with Crippen LogP contribution in [-0.2, 0) is 22.2 Å². The third-order valence-corrected chi connectivity index (χ3v) is 13.5. The molecule has 6 aromatic rings. The molecule has 4 aromatic heterocycles. The summed E-state index contributed by atoms with van der Waals surface area (Å²) in [6.07, 6.45) is 1.73. The third kappa shape index (κ3) is 5.37. The van der Waals surface area contributed by atoms with E-state index in [9.17, 15) is 38.4 Å². The summed E-state index contributed by atoms with van der Waals surface area (Å²) < 4.78 is 4.27. The van der Waals surface area contributed by atoms with Crippen molar-refractivity contribution in [1.82, 2.24) is 18.3 Å². The highest BCUT2D eigenvalue weighted by Gasteiger charge is 2.37. The molecule has 2 aromatic carbocycles. The van der Waals surface area contributed by atoms with Gasteiger partial charge in [-0.05, 0) is 99.3 Å². The zero-order valence-electron chi connectivity index (χ0n) is 35.0. The lowest BCUT2D eigenvalue weighted by atomic mass is 9.92. The van der Waals surface area contributed by atoms with Crippen LogP contribution in [0.3, 0.4) is 0 Å². The van der Waals surface area contributed by atoms with E-state index in [4.69, 9.17) is 0 Å². The zero-order chi connectivity index (χ0) is 43.7. The molecule has 0 spiro atoms. The molecule has 0 unspecified atom stereocenters. The maximum absolute atomic E-state index is 14.2. The van der Waals surface area contributed by atoms with Gasteiger partial charge < -0.3 is 0 Å². The molecule has 60 heavy (non-hydrogen) atoms. The molecule has 0 atom stereocenters. The highest BCUT2D eigenvalue weighted by molar-refractivity contribution is 5.99. The van der Waals surface area contributed by atoms with Gasteiger partial charge >= 0.3 is 0 Å². The van der Waals surface area contributed by atoms with E-state index >= 15 is 0 Å². The molecule has 0 amide bonds. The van der Waals surface area contributed by atoms with Gasteiger partial charge in [-0.15, -0.1) is 0 Å². The minimum atomic E-state index is -1.34. The maximum Gasteiger partial charge on any atom is 0.262 e. The fourth-order valence-corrected chi connectivity index (χ4v) is 9.29. The SMILES string of the molecule is CCC1(CC)C#CC#CC(CC)(CC)n2c(=O)c3cc4c(=O)n(c(=O)c4cc3c2=O)C(CC)(CC)C#CC#CC(CC)(CC)n2c(=O)c3cc4c(=O)n1c(=O)c4cc3c2=O. The van der Waals surface area contributed by atoms with Crippen molar-refractivity contribution in [2.45, 2.75) is 129 Å². The van der Waals surface area contributed by atoms with Gasteiger partial charge in [-0.2, -0.15) is 0 Å². The van der Waals surface area contributed by atoms with Gasteiger partial charge in [-0.1, -0.05) is 79.1 Å². The largest absolute Gasteiger partial charge is 0.269 e. The fourth-order valence-electron chi connectivity index (χ4n) is 9.29. The van der Waals surface area contributed by atoms with Crippen molar-refractivity contribution >= 4 is 43.1 Å². The molecule has 12 heteroatoms. The first-order valence-electron chi connectivity index (χ1n) is 20.6. The van der Waals surface area contributed by atoms with Crippen LogP contribution >= 0.6 is 0 Å². The Labute approximate surface area is 343 Å². The lowest BCUT2D eigenvalue weighted by molar-refractivity contribution is 0.345. The van der Waals surface area contributed by atoms with Crippen molar-refractivity contribution in [3.8, 4) is 47.4 Å². The van der Waals surface area contributed by atoms with Crippen molar-refractivity contribution in [2.75, 3.05) is 0 Å². The maximum atomic E-state index is 14.2. The van der Waals surface area contributed by atoms with Crippen LogP contribution in [0.1, 0.15) is 107 Å². The second-order valence-corrected chi connectivity index (χ2v) is 15.6. The van der Waals surface area contributed by atoms with E-state index in [1.165, 1.54) is 24.3 Å². The van der Waals surface area contributed by atoms with Crippen LogP contribution in [0, 0.1) is 47.4 Å². The number of aromatic nitrogens is 4. The Hall–Kier alpha value is -6.76. The molecule has 12 nitrogen and oxygen atoms in total. The Morgan fingerprint density at radius 2 is 0.433 bits per heavy atom. The summed E-state index contributed by atoms with van der Waals surface area (Å²) in [7, 11) is 0. The summed E-state index contributed by atoms with van der Waals surface area (Å²) in [6.45, 7) is 14.2. The Morgan fingerprint density at radius 1 is 0.300 bits per heavy atom. The van der Waals surface area contributed by atoms with Crippen molar-refractivity contribution in [3.05, 3.63) is 107 Å². The van der Waals surface area contributed by atoms with Crippen LogP contribution in [0.25, 0.3) is 43.1 Å². The van der Waals surface area contributed by atoms with Gasteiger partial charge in [0.2, 0.25) is 0 Å². The smallest absolute Gasteiger partial charge is 0.262 e. The molecule has 12 bridgehead atoms. The summed E-state index contributed by atoms with van der Waals surface area (Å²) in [4.78, 5) is 114. The van der Waals surface area contributed by atoms with Crippen LogP contribution in [0.4, 0.5) is 0 Å². The first-order valence-corrected chi connectivity index (χ1v) is 20.6. The Balaban J connectivity index is 1.63. The summed E-state index contributed by atoms with van der Waals surface area (Å²) in [6, 6.07) is 5.20. The van der Waals surface area contributed by atoms with Crippen molar-refractivity contribution < 1.29 is 0 Å². The van der Waals surface area contributed by atoms with Gasteiger partial charge in [-0.25, -0.2) is 0 Å². The monoisotopic (exact) mass is 804 g/mol. The first-order chi connectivity index (χ1) is 28.6. The van der Waals surface area contributed by atoms with Gasteiger partial charge in [0, 0.05) is 0 Å². The van der Waals surface area contributed by atoms with Crippen LogP contribution in [0.5, 0.6) is 0 Å². The van der Waals surface area contributed by atoms with Gasteiger partial charge in [0.25, 0.3) is 44.5 Å². The summed E-state index contributed by atoms with van der Waals surface area (Å²) in [5.41, 5.74) is -10.7. The van der Waals surface area contributed by atoms with Gasteiger partial charge in [0.15, 0.2) is 0 Å². The number of benzene rings is 2. The Bertz CT molecular complexity index is 2910. The minimum Gasteiger partial charge on any atom is -0.269 e. The average molecular weight is 805 g/mol. The number of rotatable bonds is 8. The topological polar surface area (TPSA) is 156 Å². The van der Waals surface area contributed by atoms with E-state index in [0.717, 1.165) is 18.3 Å². The van der Waals surface area contributed by atoms with Crippen molar-refractivity contribution in [3.63, 3.8) is 0 Å². The van der Waals surface area contributed by atoms with Gasteiger partial charge in [0.1, 0.15) is 22.2 Å². The molecule has 10 rings (SSSR count). The molecule has 0 fully saturated rings. The lowest BCUT2D eigenvalue weighted by Gasteiger charge is -2.26. The minimum absolute atomic E-state index is 0.0311. The third-order valence-electron chi connectivity index (χ3n) is 13.5. The fraction of sp³-hybridized carbons (Fsp3) is 0.417. The molecule has 0 radical (unpaired) electrons. The predicted molar refractivity (Wildman–Crippen MR) is 235 cm³/mol. The standard InChI is InChI=1S/C48H44N4O8/c1-9-45(10-2)21-17-18-22-46(11-3,12-4)50-41(57)33-27-35-36(28-34(33)42(50)58)44(60)52(43(35)59)48(15-7,16-8)24-20-19-23-47(13-5,14-6)51-39(55)31-25-29-30(26-32(31)40(51)56)38(54)49(45)37(29)53/h25-28H,9-16H2,1-8H3. The average Bonchev–Trinajstić information content (AvgIpc) is 3.86. The lowest BCUT2D eigenvalue weighted by Crippen LogP contribution is -2.44. The predicted octanol–water partition coefficient (Wildman–Crippen LogP) is 3.93. The molecule has 8 heterocycles. The van der Waals surface area contributed by atoms with E-state index in [1.807, 2.05) is 0 Å². The van der Waals surface area contributed by atoms with Crippen LogP contribution in [0.2, 0.25) is 0 Å². The number of hydrogen-bond acceptors (Lipinski definition) is 8. The number of nitrogens with zero attached hydrogens (tertiary/aromatic N) is 4. The molecule has 0 N–H and O–H groups in total. The van der Waals surface area contributed by atoms with Gasteiger partial charge in [-0.3, -0.25) is 56.6 Å². The first kappa shape index (κ1) is 41.4. The van der Waals surface area contributed by atoms with Crippen LogP contribution < -0.4 is 44.5 Å². The molecular formula is C48H44N4O8. The summed E-state index contributed by atoms with van der Waals surface area (Å²) in [5, 5.41) is -0.249. The quantitative estimate of drug-likeness (QED) is 0.210. The van der Waals surface area contributed by atoms with E-state index in [0.29, 0.717) is 0 Å². The van der Waals surface area contributed by atoms with Gasteiger partial charge in [0.05, 0.1) is 43.1 Å². The second-order valence-electron chi connectivity index (χ2n) is 15.6. The summed E-state index contributed by atoms with van der Waals surface area (Å²) in [5.74, 6) is 23.5.